The van der Waals surface area contributed by atoms with E-state index in [1.165, 1.54) is 32.9 Å². The summed E-state index contributed by atoms with van der Waals surface area (Å²) in [6.45, 7) is 12.7. The number of carbonyl (C=O) groups excluding carboxylic acids is 1. The lowest BCUT2D eigenvalue weighted by Gasteiger charge is -2.39. The summed E-state index contributed by atoms with van der Waals surface area (Å²) >= 11 is 19.3. The summed E-state index contributed by atoms with van der Waals surface area (Å²) in [5.74, 6) is 0.0194. The molecule has 42 heavy (non-hydrogen) atoms. The Labute approximate surface area is 259 Å². The molecule has 1 amide bonds. The molecule has 0 atom stereocenters. The molecule has 2 heterocycles. The van der Waals surface area contributed by atoms with Gasteiger partial charge in [-0.1, -0.05) is 79.0 Å². The van der Waals surface area contributed by atoms with Gasteiger partial charge in [-0.05, 0) is 55.7 Å². The molecule has 4 rings (SSSR count). The van der Waals surface area contributed by atoms with E-state index in [0.717, 1.165) is 5.57 Å². The Bertz CT molecular complexity index is 1790. The maximum atomic E-state index is 13.6. The highest BCUT2D eigenvalue weighted by Crippen LogP contribution is 2.40. The molecule has 1 aromatic heterocycles. The van der Waals surface area contributed by atoms with Crippen molar-refractivity contribution in [1.82, 2.24) is 14.0 Å². The molecule has 1 N–H and O–H groups in total. The number of halogens is 3. The molecule has 1 aliphatic heterocycles. The Morgan fingerprint density at radius 1 is 1.00 bits per heavy atom. The van der Waals surface area contributed by atoms with Gasteiger partial charge in [-0.25, -0.2) is 0 Å². The molecule has 1 aliphatic rings. The predicted molar refractivity (Wildman–Crippen MR) is 173 cm³/mol. The van der Waals surface area contributed by atoms with E-state index in [0.29, 0.717) is 41.2 Å². The van der Waals surface area contributed by atoms with Crippen molar-refractivity contribution in [3.63, 3.8) is 0 Å². The average Bonchev–Trinajstić information content (AvgIpc) is 2.91. The van der Waals surface area contributed by atoms with Gasteiger partial charge in [0, 0.05) is 42.9 Å². The van der Waals surface area contributed by atoms with Crippen molar-refractivity contribution in [2.45, 2.75) is 34.2 Å². The van der Waals surface area contributed by atoms with Gasteiger partial charge >= 0.3 is 11.1 Å². The van der Waals surface area contributed by atoms with Crippen LogP contribution in [0.4, 0.5) is 0 Å². The van der Waals surface area contributed by atoms with E-state index in [1.807, 2.05) is 32.1 Å². The fraction of sp³-hybridized carbons (Fsp3) is 0.281. The molecule has 3 aromatic rings. The summed E-state index contributed by atoms with van der Waals surface area (Å²) in [7, 11) is 0. The highest BCUT2D eigenvalue weighted by molar-refractivity contribution is 6.39. The molecule has 0 aliphatic carbocycles. The van der Waals surface area contributed by atoms with Crippen molar-refractivity contribution in [1.29, 1.82) is 0 Å². The minimum Gasteiger partial charge on any atom is -0.506 e. The van der Waals surface area contributed by atoms with Crippen molar-refractivity contribution in [2.75, 3.05) is 13.1 Å². The predicted octanol–water partition coefficient (Wildman–Crippen LogP) is 7.16. The second-order valence-corrected chi connectivity index (χ2v) is 12.0. The van der Waals surface area contributed by atoms with E-state index < -0.39 is 11.1 Å². The Hall–Kier alpha value is -3.52. The molecule has 0 bridgehead atoms. The number of rotatable bonds is 8. The number of likely N-dealkylation sites (tertiary alicyclic amines) is 1. The zero-order valence-corrected chi connectivity index (χ0v) is 26.1. The lowest BCUT2D eigenvalue weighted by Crippen LogP contribution is -2.52. The second-order valence-electron chi connectivity index (χ2n) is 10.8. The van der Waals surface area contributed by atoms with E-state index in [9.17, 15) is 19.5 Å². The molecule has 1 fully saturated rings. The smallest absolute Gasteiger partial charge is 0.321 e. The van der Waals surface area contributed by atoms with Crippen molar-refractivity contribution in [3.8, 4) is 16.9 Å². The standard InChI is InChI=1S/C32H32Cl3N3O4/c1-6-30(40)36-15-21(16-36)17-38-28-13-25(34)22(23-11-29(39)26(35)12-24(23)33)10-27(28)37(31(41)32(38)42)14-19(4)8-7-9-20(5)18(2)3/h6-14,18,21,39H,1,15-17H2,2-5H3/b8-7-,19-14+,20-9+. The fourth-order valence-corrected chi connectivity index (χ4v) is 5.45. The molecule has 10 heteroatoms. The summed E-state index contributed by atoms with van der Waals surface area (Å²) in [6, 6.07) is 6.11. The van der Waals surface area contributed by atoms with Crippen LogP contribution >= 0.6 is 34.8 Å². The van der Waals surface area contributed by atoms with Crippen LogP contribution in [0, 0.1) is 11.8 Å². The van der Waals surface area contributed by atoms with E-state index in [4.69, 9.17) is 34.8 Å². The quantitative estimate of drug-likeness (QED) is 0.163. The molecule has 0 spiro atoms. The number of benzene rings is 2. The number of amides is 1. The van der Waals surface area contributed by atoms with Crippen LogP contribution in [0.3, 0.4) is 0 Å². The number of phenols is 1. The first-order valence-corrected chi connectivity index (χ1v) is 14.6. The minimum atomic E-state index is -0.735. The van der Waals surface area contributed by atoms with Gasteiger partial charge in [0.15, 0.2) is 0 Å². The zero-order valence-electron chi connectivity index (χ0n) is 23.8. The maximum Gasteiger partial charge on any atom is 0.321 e. The van der Waals surface area contributed by atoms with Crippen LogP contribution in [0.25, 0.3) is 28.4 Å². The van der Waals surface area contributed by atoms with Crippen LogP contribution in [0.1, 0.15) is 27.7 Å². The topological polar surface area (TPSA) is 84.5 Å². The van der Waals surface area contributed by atoms with Crippen molar-refractivity contribution >= 4 is 57.9 Å². The van der Waals surface area contributed by atoms with Crippen molar-refractivity contribution in [3.05, 3.63) is 102 Å². The van der Waals surface area contributed by atoms with Crippen molar-refractivity contribution < 1.29 is 9.90 Å². The van der Waals surface area contributed by atoms with Crippen LogP contribution in [0.5, 0.6) is 5.75 Å². The highest BCUT2D eigenvalue weighted by atomic mass is 35.5. The number of hydrogen-bond donors (Lipinski definition) is 1. The summed E-state index contributed by atoms with van der Waals surface area (Å²) in [6.07, 6.45) is 8.63. The lowest BCUT2D eigenvalue weighted by molar-refractivity contribution is -0.132. The first kappa shape index (κ1) is 31.4. The van der Waals surface area contributed by atoms with Gasteiger partial charge < -0.3 is 14.6 Å². The molecular formula is C32H32Cl3N3O4. The third kappa shape index (κ3) is 6.43. The maximum absolute atomic E-state index is 13.6. The summed E-state index contributed by atoms with van der Waals surface area (Å²) in [5, 5.41) is 10.9. The van der Waals surface area contributed by atoms with Gasteiger partial charge in [0.25, 0.3) is 0 Å². The van der Waals surface area contributed by atoms with E-state index in [2.05, 4.69) is 20.4 Å². The first-order chi connectivity index (χ1) is 19.8. The normalized spacial score (nSPS) is 14.7. The number of carbonyl (C=O) groups is 1. The highest BCUT2D eigenvalue weighted by Gasteiger charge is 2.30. The fourth-order valence-electron chi connectivity index (χ4n) is 4.70. The number of hydrogen-bond acceptors (Lipinski definition) is 4. The van der Waals surface area contributed by atoms with Gasteiger partial charge in [-0.2, -0.15) is 0 Å². The van der Waals surface area contributed by atoms with Crippen LogP contribution in [0.2, 0.25) is 15.1 Å². The molecule has 220 valence electrons. The second kappa shape index (κ2) is 12.8. The van der Waals surface area contributed by atoms with Crippen LogP contribution in [-0.2, 0) is 11.3 Å². The van der Waals surface area contributed by atoms with E-state index in [1.54, 1.807) is 23.2 Å². The number of nitrogens with zero attached hydrogens (tertiary/aromatic N) is 3. The number of allylic oxidation sites excluding steroid dienone is 5. The number of phenolic OH excluding ortho intramolecular Hbond substituents is 1. The average molecular weight is 629 g/mol. The van der Waals surface area contributed by atoms with Gasteiger partial charge in [0.2, 0.25) is 5.91 Å². The zero-order chi connectivity index (χ0) is 30.9. The number of aromatic hydroxyl groups is 1. The van der Waals surface area contributed by atoms with Crippen LogP contribution in [0.15, 0.2) is 75.9 Å². The van der Waals surface area contributed by atoms with Crippen LogP contribution < -0.4 is 11.1 Å². The van der Waals surface area contributed by atoms with Gasteiger partial charge in [0.1, 0.15) is 5.75 Å². The SMILES string of the molecule is C=CC(=O)N1CC(Cn2c(=O)c(=O)n(/C=C(C)/C=C\C=C(/C)C(C)C)c3cc(-c4cc(O)c(Cl)cc4Cl)c(Cl)cc32)C1. The summed E-state index contributed by atoms with van der Waals surface area (Å²) in [4.78, 5) is 40.6. The number of fused-ring (bicyclic) bond motifs is 1. The minimum absolute atomic E-state index is 0.0256. The Morgan fingerprint density at radius 3 is 2.29 bits per heavy atom. The van der Waals surface area contributed by atoms with Gasteiger partial charge in [-0.3, -0.25) is 19.0 Å². The largest absolute Gasteiger partial charge is 0.506 e. The molecular weight excluding hydrogens is 597 g/mol. The lowest BCUT2D eigenvalue weighted by atomic mass is 9.99. The molecule has 7 nitrogen and oxygen atoms in total. The van der Waals surface area contributed by atoms with Gasteiger partial charge in [-0.15, -0.1) is 0 Å². The van der Waals surface area contributed by atoms with E-state index >= 15 is 0 Å². The Kier molecular flexibility index (Phi) is 9.56. The van der Waals surface area contributed by atoms with Crippen LogP contribution in [-0.4, -0.2) is 38.1 Å². The Balaban J connectivity index is 1.91. The third-order valence-corrected chi connectivity index (χ3v) is 8.36. The third-order valence-electron chi connectivity index (χ3n) is 7.43. The molecule has 0 saturated carbocycles. The van der Waals surface area contributed by atoms with Gasteiger partial charge in [0.05, 0.1) is 26.1 Å². The van der Waals surface area contributed by atoms with Crippen molar-refractivity contribution in [2.24, 2.45) is 11.8 Å². The summed E-state index contributed by atoms with van der Waals surface area (Å²) in [5.41, 5.74) is 2.23. The first-order valence-electron chi connectivity index (χ1n) is 13.4. The summed E-state index contributed by atoms with van der Waals surface area (Å²) < 4.78 is 2.73. The molecule has 1 saturated heterocycles. The molecule has 0 radical (unpaired) electrons. The number of aromatic nitrogens is 2. The Morgan fingerprint density at radius 2 is 1.64 bits per heavy atom. The van der Waals surface area contributed by atoms with E-state index in [-0.39, 0.29) is 39.2 Å². The monoisotopic (exact) mass is 627 g/mol. The molecule has 2 aromatic carbocycles. The molecule has 0 unspecified atom stereocenters.